The Labute approximate surface area is 107 Å². The number of carbonyl (C=O) groups is 2. The van der Waals surface area contributed by atoms with Crippen LogP contribution in [0, 0.1) is 5.92 Å². The molecule has 0 radical (unpaired) electrons. The van der Waals surface area contributed by atoms with E-state index in [0.29, 0.717) is 13.1 Å². The standard InChI is InChI=1S/C12H22N2O4/c1-8(2)10(13-12(17)18-3)11(16)14-6-4-5-9(15)7-14/h8-10,15H,4-7H2,1-3H3,(H,13,17)/t9-,10?/m0/s1. The van der Waals surface area contributed by atoms with Gasteiger partial charge in [0.25, 0.3) is 0 Å². The van der Waals surface area contributed by atoms with Crippen LogP contribution in [0.1, 0.15) is 26.7 Å². The van der Waals surface area contributed by atoms with Crippen LogP contribution in [0.4, 0.5) is 4.79 Å². The Hall–Kier alpha value is -1.30. The number of alkyl carbamates (subject to hydrolysis) is 1. The van der Waals surface area contributed by atoms with E-state index in [4.69, 9.17) is 0 Å². The van der Waals surface area contributed by atoms with Crippen LogP contribution in [-0.2, 0) is 9.53 Å². The smallest absolute Gasteiger partial charge is 0.407 e. The van der Waals surface area contributed by atoms with Gasteiger partial charge in [-0.15, -0.1) is 0 Å². The molecule has 2 N–H and O–H groups in total. The number of piperidine rings is 1. The first kappa shape index (κ1) is 14.8. The Bertz CT molecular complexity index is 306. The van der Waals surface area contributed by atoms with Crippen molar-refractivity contribution in [2.75, 3.05) is 20.2 Å². The van der Waals surface area contributed by atoms with Gasteiger partial charge in [-0.05, 0) is 18.8 Å². The normalized spacial score (nSPS) is 21.6. The lowest BCUT2D eigenvalue weighted by Crippen LogP contribution is -2.54. The molecule has 1 fully saturated rings. The number of nitrogens with one attached hydrogen (secondary N) is 1. The molecular weight excluding hydrogens is 236 g/mol. The van der Waals surface area contributed by atoms with E-state index in [9.17, 15) is 14.7 Å². The van der Waals surface area contributed by atoms with Crippen LogP contribution < -0.4 is 5.32 Å². The van der Waals surface area contributed by atoms with E-state index in [1.54, 1.807) is 4.90 Å². The third kappa shape index (κ3) is 3.87. The molecular formula is C12H22N2O4. The molecule has 1 unspecified atom stereocenters. The van der Waals surface area contributed by atoms with E-state index in [0.717, 1.165) is 12.8 Å². The Kier molecular flexibility index (Phi) is 5.40. The molecule has 0 aromatic rings. The maximum atomic E-state index is 12.3. The van der Waals surface area contributed by atoms with E-state index in [2.05, 4.69) is 10.1 Å². The van der Waals surface area contributed by atoms with Crippen LogP contribution in [0.5, 0.6) is 0 Å². The first-order chi connectivity index (χ1) is 8.45. The molecule has 1 rings (SSSR count). The number of ether oxygens (including phenoxy) is 1. The highest BCUT2D eigenvalue weighted by Crippen LogP contribution is 2.14. The quantitative estimate of drug-likeness (QED) is 0.765. The topological polar surface area (TPSA) is 78.9 Å². The number of likely N-dealkylation sites (tertiary alicyclic amines) is 1. The van der Waals surface area contributed by atoms with Crippen LogP contribution in [0.25, 0.3) is 0 Å². The number of aliphatic hydroxyl groups excluding tert-OH is 1. The number of rotatable bonds is 3. The molecule has 0 bridgehead atoms. The summed E-state index contributed by atoms with van der Waals surface area (Å²) in [6.07, 6.45) is 0.435. The number of methoxy groups -OCH3 is 1. The van der Waals surface area contributed by atoms with Crippen molar-refractivity contribution < 1.29 is 19.4 Å². The summed E-state index contributed by atoms with van der Waals surface area (Å²) in [6, 6.07) is -0.609. The maximum absolute atomic E-state index is 12.3. The Morgan fingerprint density at radius 3 is 2.61 bits per heavy atom. The number of amides is 2. The van der Waals surface area contributed by atoms with Gasteiger partial charge < -0.3 is 20.1 Å². The first-order valence-electron chi connectivity index (χ1n) is 6.27. The number of nitrogens with zero attached hydrogens (tertiary/aromatic N) is 1. The molecule has 0 saturated carbocycles. The third-order valence-electron chi connectivity index (χ3n) is 3.10. The third-order valence-corrected chi connectivity index (χ3v) is 3.10. The van der Waals surface area contributed by atoms with Crippen molar-refractivity contribution in [3.63, 3.8) is 0 Å². The molecule has 18 heavy (non-hydrogen) atoms. The minimum Gasteiger partial charge on any atom is -0.453 e. The molecule has 6 heteroatoms. The van der Waals surface area contributed by atoms with Crippen molar-refractivity contribution in [3.8, 4) is 0 Å². The Morgan fingerprint density at radius 1 is 1.44 bits per heavy atom. The molecule has 1 aliphatic rings. The van der Waals surface area contributed by atoms with Gasteiger partial charge in [0.1, 0.15) is 6.04 Å². The minimum absolute atomic E-state index is 0.0318. The molecule has 0 aromatic carbocycles. The summed E-state index contributed by atoms with van der Waals surface area (Å²) in [5, 5.41) is 12.1. The SMILES string of the molecule is COC(=O)NC(C(=O)N1CCC[C@H](O)C1)C(C)C. The Balaban J connectivity index is 2.66. The average molecular weight is 258 g/mol. The highest BCUT2D eigenvalue weighted by Gasteiger charge is 2.31. The predicted molar refractivity (Wildman–Crippen MR) is 66.0 cm³/mol. The predicted octanol–water partition coefficient (Wildman–Crippen LogP) is 0.350. The van der Waals surface area contributed by atoms with Crippen LogP contribution in [-0.4, -0.2) is 54.4 Å². The van der Waals surface area contributed by atoms with Gasteiger partial charge in [0.05, 0.1) is 13.2 Å². The summed E-state index contributed by atoms with van der Waals surface area (Å²) in [5.41, 5.74) is 0. The molecule has 6 nitrogen and oxygen atoms in total. The molecule has 0 aromatic heterocycles. The second kappa shape index (κ2) is 6.58. The van der Waals surface area contributed by atoms with Gasteiger partial charge in [-0.3, -0.25) is 4.79 Å². The van der Waals surface area contributed by atoms with E-state index < -0.39 is 18.2 Å². The van der Waals surface area contributed by atoms with Crippen molar-refractivity contribution in [2.45, 2.75) is 38.8 Å². The fraction of sp³-hybridized carbons (Fsp3) is 0.833. The zero-order chi connectivity index (χ0) is 13.7. The van der Waals surface area contributed by atoms with Gasteiger partial charge in [-0.2, -0.15) is 0 Å². The second-order valence-corrected chi connectivity index (χ2v) is 4.94. The fourth-order valence-electron chi connectivity index (χ4n) is 2.05. The summed E-state index contributed by atoms with van der Waals surface area (Å²) in [7, 11) is 1.27. The summed E-state index contributed by atoms with van der Waals surface area (Å²) >= 11 is 0. The molecule has 1 saturated heterocycles. The number of β-amino-alcohol motifs (C(OH)–C–C–N with tert-alkyl or cyclic N) is 1. The zero-order valence-corrected chi connectivity index (χ0v) is 11.2. The number of hydrogen-bond acceptors (Lipinski definition) is 4. The maximum Gasteiger partial charge on any atom is 0.407 e. The van der Waals surface area contributed by atoms with Gasteiger partial charge >= 0.3 is 6.09 Å². The average Bonchev–Trinajstić information content (AvgIpc) is 2.34. The van der Waals surface area contributed by atoms with Crippen molar-refractivity contribution in [1.82, 2.24) is 10.2 Å². The van der Waals surface area contributed by atoms with Crippen molar-refractivity contribution >= 4 is 12.0 Å². The highest BCUT2D eigenvalue weighted by molar-refractivity contribution is 5.86. The lowest BCUT2D eigenvalue weighted by atomic mass is 10.0. The van der Waals surface area contributed by atoms with E-state index in [1.807, 2.05) is 13.8 Å². The zero-order valence-electron chi connectivity index (χ0n) is 11.2. The summed E-state index contributed by atoms with van der Waals surface area (Å²) in [6.45, 7) is 4.69. The Morgan fingerprint density at radius 2 is 2.11 bits per heavy atom. The van der Waals surface area contributed by atoms with Crippen LogP contribution in [0.3, 0.4) is 0 Å². The summed E-state index contributed by atoms with van der Waals surface area (Å²) < 4.78 is 4.52. The summed E-state index contributed by atoms with van der Waals surface area (Å²) in [5.74, 6) is -0.190. The number of hydrogen-bond donors (Lipinski definition) is 2. The number of aliphatic hydroxyl groups is 1. The van der Waals surface area contributed by atoms with Crippen molar-refractivity contribution in [2.24, 2.45) is 5.92 Å². The molecule has 2 amide bonds. The monoisotopic (exact) mass is 258 g/mol. The molecule has 0 aliphatic carbocycles. The van der Waals surface area contributed by atoms with Crippen LogP contribution in [0.2, 0.25) is 0 Å². The van der Waals surface area contributed by atoms with Gasteiger partial charge in [0.15, 0.2) is 0 Å². The fourth-order valence-corrected chi connectivity index (χ4v) is 2.05. The van der Waals surface area contributed by atoms with E-state index in [1.165, 1.54) is 7.11 Å². The van der Waals surface area contributed by atoms with Crippen molar-refractivity contribution in [1.29, 1.82) is 0 Å². The summed E-state index contributed by atoms with van der Waals surface area (Å²) in [4.78, 5) is 25.1. The van der Waals surface area contributed by atoms with Gasteiger partial charge in [-0.25, -0.2) is 4.79 Å². The lowest BCUT2D eigenvalue weighted by molar-refractivity contribution is -0.137. The van der Waals surface area contributed by atoms with Crippen LogP contribution in [0.15, 0.2) is 0 Å². The minimum atomic E-state index is -0.611. The lowest BCUT2D eigenvalue weighted by Gasteiger charge is -2.34. The first-order valence-corrected chi connectivity index (χ1v) is 6.27. The molecule has 104 valence electrons. The highest BCUT2D eigenvalue weighted by atomic mass is 16.5. The molecule has 2 atom stereocenters. The molecule has 1 heterocycles. The van der Waals surface area contributed by atoms with E-state index >= 15 is 0 Å². The van der Waals surface area contributed by atoms with Crippen molar-refractivity contribution in [3.05, 3.63) is 0 Å². The molecule has 0 spiro atoms. The second-order valence-electron chi connectivity index (χ2n) is 4.94. The van der Waals surface area contributed by atoms with Crippen LogP contribution >= 0.6 is 0 Å². The van der Waals surface area contributed by atoms with Gasteiger partial charge in [0.2, 0.25) is 5.91 Å². The van der Waals surface area contributed by atoms with Gasteiger partial charge in [0, 0.05) is 13.1 Å². The van der Waals surface area contributed by atoms with Gasteiger partial charge in [-0.1, -0.05) is 13.8 Å². The molecule has 1 aliphatic heterocycles. The largest absolute Gasteiger partial charge is 0.453 e. The van der Waals surface area contributed by atoms with E-state index in [-0.39, 0.29) is 11.8 Å². The number of carbonyl (C=O) groups excluding carboxylic acids is 2.